The van der Waals surface area contributed by atoms with Crippen molar-refractivity contribution in [1.29, 1.82) is 0 Å². The number of benzene rings is 2. The summed E-state index contributed by atoms with van der Waals surface area (Å²) in [5, 5.41) is 10.1. The molecule has 0 saturated heterocycles. The highest BCUT2D eigenvalue weighted by atomic mass is 35.5. The Balaban J connectivity index is 1.98. The minimum atomic E-state index is -0.671. The van der Waals surface area contributed by atoms with Gasteiger partial charge in [0.15, 0.2) is 5.88 Å². The maximum Gasteiger partial charge on any atom is 0.280 e. The van der Waals surface area contributed by atoms with Gasteiger partial charge in [-0.15, -0.1) is 0 Å². The Labute approximate surface area is 182 Å². The Morgan fingerprint density at radius 2 is 1.50 bits per heavy atom. The van der Waals surface area contributed by atoms with Crippen LogP contribution in [0, 0.1) is 5.82 Å². The van der Waals surface area contributed by atoms with Crippen LogP contribution in [0.15, 0.2) is 29.3 Å². The number of hydrogen-bond acceptors (Lipinski definition) is 2. The first-order chi connectivity index (χ1) is 13.2. The molecule has 0 unspecified atom stereocenters. The summed E-state index contributed by atoms with van der Waals surface area (Å²) in [7, 11) is 0. The molecule has 1 aliphatic heterocycles. The molecule has 2 aromatic carbocycles. The van der Waals surface area contributed by atoms with Crippen molar-refractivity contribution in [1.82, 2.24) is 4.98 Å². The number of fused-ring (bicyclic) bond motifs is 1. The molecule has 1 amide bonds. The molecule has 4 nitrogen and oxygen atoms in total. The molecule has 10 heteroatoms. The van der Waals surface area contributed by atoms with E-state index in [-0.39, 0.29) is 59.1 Å². The van der Waals surface area contributed by atoms with Crippen molar-refractivity contribution < 1.29 is 14.3 Å². The van der Waals surface area contributed by atoms with Crippen LogP contribution >= 0.6 is 58.0 Å². The standard InChI is InChI=1S/C18H6Cl5FN2O2/c19-10-9(11(20)13(22)14(23)12(10)21)16-8-7(17(27)26-16)15(25-18(8)28)5-2-1-3-6(24)4-5/h1-4,25,28H. The van der Waals surface area contributed by atoms with Gasteiger partial charge in [0.05, 0.1) is 47.6 Å². The van der Waals surface area contributed by atoms with Gasteiger partial charge in [-0.3, -0.25) is 4.79 Å². The third kappa shape index (κ3) is 2.81. The number of carbonyl (C=O) groups excluding carboxylic acids is 1. The van der Waals surface area contributed by atoms with Gasteiger partial charge < -0.3 is 10.1 Å². The van der Waals surface area contributed by atoms with E-state index in [1.165, 1.54) is 18.2 Å². The third-order valence-electron chi connectivity index (χ3n) is 4.20. The van der Waals surface area contributed by atoms with Crippen LogP contribution in [0.1, 0.15) is 21.5 Å². The number of halogens is 6. The number of aromatic nitrogens is 1. The molecule has 142 valence electrons. The Kier molecular flexibility index (Phi) is 4.84. The fourth-order valence-electron chi connectivity index (χ4n) is 3.00. The molecule has 0 saturated carbocycles. The molecule has 0 atom stereocenters. The Hall–Kier alpha value is -1.76. The number of rotatable bonds is 2. The lowest BCUT2D eigenvalue weighted by molar-refractivity contribution is 0.101. The van der Waals surface area contributed by atoms with Crippen molar-refractivity contribution >= 4 is 69.6 Å². The van der Waals surface area contributed by atoms with Crippen molar-refractivity contribution in [2.45, 2.75) is 0 Å². The molecule has 0 aliphatic carbocycles. The third-order valence-corrected chi connectivity index (χ3v) is 6.48. The Bertz CT molecular complexity index is 1190. The van der Waals surface area contributed by atoms with Gasteiger partial charge in [0.25, 0.3) is 5.91 Å². The molecular formula is C18H6Cl5FN2O2. The van der Waals surface area contributed by atoms with E-state index in [0.717, 1.165) is 0 Å². The molecule has 1 aliphatic rings. The summed E-state index contributed by atoms with van der Waals surface area (Å²) in [5.74, 6) is -1.54. The predicted octanol–water partition coefficient (Wildman–Crippen LogP) is 6.78. The number of hydrogen-bond donors (Lipinski definition) is 2. The lowest BCUT2D eigenvalue weighted by Crippen LogP contribution is -2.03. The zero-order valence-electron chi connectivity index (χ0n) is 13.4. The smallest absolute Gasteiger partial charge is 0.280 e. The van der Waals surface area contributed by atoms with Crippen LogP contribution in [0.5, 0.6) is 5.88 Å². The molecule has 4 rings (SSSR count). The van der Waals surface area contributed by atoms with Crippen molar-refractivity contribution in [3.8, 4) is 17.1 Å². The molecule has 2 N–H and O–H groups in total. The van der Waals surface area contributed by atoms with Crippen molar-refractivity contribution in [3.63, 3.8) is 0 Å². The predicted molar refractivity (Wildman–Crippen MR) is 109 cm³/mol. The van der Waals surface area contributed by atoms with Crippen LogP contribution in [0.25, 0.3) is 11.3 Å². The molecule has 0 radical (unpaired) electrons. The van der Waals surface area contributed by atoms with Gasteiger partial charge in [0, 0.05) is 11.1 Å². The summed E-state index contributed by atoms with van der Waals surface area (Å²) in [6, 6.07) is 5.53. The molecule has 0 fully saturated rings. The van der Waals surface area contributed by atoms with Crippen molar-refractivity contribution in [2.75, 3.05) is 0 Å². The number of aromatic amines is 1. The Morgan fingerprint density at radius 1 is 0.893 bits per heavy atom. The topological polar surface area (TPSA) is 65.4 Å². The summed E-state index contributed by atoms with van der Waals surface area (Å²) in [6.45, 7) is 0. The molecule has 1 aromatic heterocycles. The first kappa shape index (κ1) is 19.6. The summed E-state index contributed by atoms with van der Waals surface area (Å²) >= 11 is 30.7. The van der Waals surface area contributed by atoms with Crippen LogP contribution in [0.4, 0.5) is 4.39 Å². The van der Waals surface area contributed by atoms with Gasteiger partial charge >= 0.3 is 0 Å². The number of carbonyl (C=O) groups is 1. The largest absolute Gasteiger partial charge is 0.494 e. The van der Waals surface area contributed by atoms with Crippen molar-refractivity contribution in [3.05, 3.63) is 71.9 Å². The second-order valence-corrected chi connectivity index (χ2v) is 7.71. The Morgan fingerprint density at radius 3 is 2.11 bits per heavy atom. The van der Waals surface area contributed by atoms with E-state index in [0.29, 0.717) is 5.56 Å². The van der Waals surface area contributed by atoms with Crippen LogP contribution in [0.2, 0.25) is 25.1 Å². The average molecular weight is 479 g/mol. The fraction of sp³-hybridized carbons (Fsp3) is 0. The van der Waals surface area contributed by atoms with E-state index in [1.807, 2.05) is 0 Å². The molecule has 3 aromatic rings. The number of nitrogens with one attached hydrogen (secondary N) is 1. The second-order valence-electron chi connectivity index (χ2n) is 5.82. The minimum Gasteiger partial charge on any atom is -0.494 e. The molecule has 0 bridgehead atoms. The zero-order chi connectivity index (χ0) is 20.3. The molecule has 28 heavy (non-hydrogen) atoms. The first-order valence-electron chi connectivity index (χ1n) is 7.58. The highest BCUT2D eigenvalue weighted by Crippen LogP contribution is 2.47. The van der Waals surface area contributed by atoms with E-state index < -0.39 is 11.7 Å². The fourth-order valence-corrected chi connectivity index (χ4v) is 4.32. The lowest BCUT2D eigenvalue weighted by atomic mass is 10.00. The van der Waals surface area contributed by atoms with E-state index in [2.05, 4.69) is 9.98 Å². The number of H-pyrrole nitrogens is 1. The highest BCUT2D eigenvalue weighted by Gasteiger charge is 2.36. The average Bonchev–Trinajstić information content (AvgIpc) is 3.18. The first-order valence-corrected chi connectivity index (χ1v) is 9.47. The molecule has 0 spiro atoms. The molecular weight excluding hydrogens is 472 g/mol. The maximum atomic E-state index is 13.6. The highest BCUT2D eigenvalue weighted by molar-refractivity contribution is 6.57. The molecule has 2 heterocycles. The summed E-state index contributed by atoms with van der Waals surface area (Å²) in [5.41, 5.74) is 0.691. The zero-order valence-corrected chi connectivity index (χ0v) is 17.2. The van der Waals surface area contributed by atoms with Crippen LogP contribution in [0.3, 0.4) is 0 Å². The van der Waals surface area contributed by atoms with Gasteiger partial charge in [-0.2, -0.15) is 0 Å². The van der Waals surface area contributed by atoms with Crippen molar-refractivity contribution in [2.24, 2.45) is 4.99 Å². The van der Waals surface area contributed by atoms with Gasteiger partial charge in [0.2, 0.25) is 0 Å². The maximum absolute atomic E-state index is 13.6. The van der Waals surface area contributed by atoms with E-state index in [1.54, 1.807) is 6.07 Å². The van der Waals surface area contributed by atoms with E-state index in [4.69, 9.17) is 58.0 Å². The van der Waals surface area contributed by atoms with E-state index in [9.17, 15) is 14.3 Å². The van der Waals surface area contributed by atoms with Gasteiger partial charge in [-0.05, 0) is 12.1 Å². The SMILES string of the molecule is O=C1N=C(c2c(Cl)c(Cl)c(Cl)c(Cl)c2Cl)c2c(O)[nH]c(-c3cccc(F)c3)c21. The quantitative estimate of drug-likeness (QED) is 0.315. The second kappa shape index (κ2) is 6.94. The summed E-state index contributed by atoms with van der Waals surface area (Å²) in [4.78, 5) is 19.3. The summed E-state index contributed by atoms with van der Waals surface area (Å²) < 4.78 is 13.6. The number of amides is 1. The van der Waals surface area contributed by atoms with Crippen LogP contribution in [-0.4, -0.2) is 21.7 Å². The number of aromatic hydroxyl groups is 1. The minimum absolute atomic E-state index is 0.0214. The van der Waals surface area contributed by atoms with E-state index >= 15 is 0 Å². The number of nitrogens with zero attached hydrogens (tertiary/aromatic N) is 1. The summed E-state index contributed by atoms with van der Waals surface area (Å²) in [6.07, 6.45) is 0. The van der Waals surface area contributed by atoms with Gasteiger partial charge in [-0.1, -0.05) is 70.1 Å². The van der Waals surface area contributed by atoms with Gasteiger partial charge in [-0.25, -0.2) is 9.38 Å². The normalized spacial score (nSPS) is 13.1. The van der Waals surface area contributed by atoms with Crippen LogP contribution in [-0.2, 0) is 0 Å². The lowest BCUT2D eigenvalue weighted by Gasteiger charge is -2.12. The van der Waals surface area contributed by atoms with Gasteiger partial charge in [0.1, 0.15) is 5.82 Å². The monoisotopic (exact) mass is 476 g/mol. The van der Waals surface area contributed by atoms with Crippen LogP contribution < -0.4 is 0 Å². The number of aliphatic imine (C=N–C) groups is 1.